The Balaban J connectivity index is 2.57. The van der Waals surface area contributed by atoms with Crippen molar-refractivity contribution in [3.8, 4) is 0 Å². The summed E-state index contributed by atoms with van der Waals surface area (Å²) in [6, 6.07) is 1.96. The number of nitrogens with one attached hydrogen (secondary N) is 1. The molecular formula is C13H23N3O2. The number of hydrogen-bond acceptors (Lipinski definition) is 3. The lowest BCUT2D eigenvalue weighted by atomic mass is 10.0. The van der Waals surface area contributed by atoms with Gasteiger partial charge in [0.25, 0.3) is 0 Å². The number of nitrogens with zero attached hydrogens (tertiary/aromatic N) is 2. The molecule has 1 amide bonds. The highest BCUT2D eigenvalue weighted by Gasteiger charge is 2.16. The van der Waals surface area contributed by atoms with Gasteiger partial charge in [-0.25, -0.2) is 0 Å². The molecule has 0 bridgehead atoms. The first-order valence-electron chi connectivity index (χ1n) is 6.35. The number of rotatable bonds is 6. The zero-order chi connectivity index (χ0) is 13.7. The summed E-state index contributed by atoms with van der Waals surface area (Å²) in [6.45, 7) is 8.22. The topological polar surface area (TPSA) is 67.2 Å². The van der Waals surface area contributed by atoms with E-state index in [0.717, 1.165) is 11.4 Å². The van der Waals surface area contributed by atoms with E-state index in [-0.39, 0.29) is 25.1 Å². The van der Waals surface area contributed by atoms with Gasteiger partial charge in [-0.15, -0.1) is 0 Å². The summed E-state index contributed by atoms with van der Waals surface area (Å²) in [5.41, 5.74) is 1.89. The number of aliphatic hydroxyl groups excluding tert-OH is 1. The molecule has 0 aliphatic heterocycles. The molecule has 1 unspecified atom stereocenters. The van der Waals surface area contributed by atoms with Crippen LogP contribution in [0.3, 0.4) is 0 Å². The Bertz CT molecular complexity index is 399. The fourth-order valence-electron chi connectivity index (χ4n) is 1.93. The van der Waals surface area contributed by atoms with Gasteiger partial charge in [0.05, 0.1) is 5.69 Å². The normalized spacial score (nSPS) is 12.8. The van der Waals surface area contributed by atoms with Crippen LogP contribution >= 0.6 is 0 Å². The van der Waals surface area contributed by atoms with E-state index in [1.807, 2.05) is 33.8 Å². The summed E-state index contributed by atoms with van der Waals surface area (Å²) in [5.74, 6) is 0.245. The minimum absolute atomic E-state index is 0.0134. The minimum atomic E-state index is -0.0617. The van der Waals surface area contributed by atoms with Crippen molar-refractivity contribution >= 4 is 5.91 Å². The third-order valence-electron chi connectivity index (χ3n) is 2.99. The van der Waals surface area contributed by atoms with Gasteiger partial charge in [0.1, 0.15) is 6.54 Å². The quantitative estimate of drug-likeness (QED) is 0.795. The molecule has 1 rings (SSSR count). The Labute approximate surface area is 108 Å². The van der Waals surface area contributed by atoms with Crippen LogP contribution in [0.15, 0.2) is 6.07 Å². The van der Waals surface area contributed by atoms with Crippen molar-refractivity contribution in [1.82, 2.24) is 15.1 Å². The third kappa shape index (κ3) is 4.14. The average Bonchev–Trinajstić information content (AvgIpc) is 2.56. The van der Waals surface area contributed by atoms with Crippen molar-refractivity contribution in [1.29, 1.82) is 0 Å². The number of aromatic nitrogens is 2. The molecule has 1 aromatic heterocycles. The summed E-state index contributed by atoms with van der Waals surface area (Å²) in [6.07, 6.45) is 0.584. The maximum Gasteiger partial charge on any atom is 0.241 e. The SMILES string of the molecule is Cc1cc(C)n(CC(=O)NC(CCO)C(C)C)n1. The van der Waals surface area contributed by atoms with Gasteiger partial charge in [0.15, 0.2) is 0 Å². The summed E-state index contributed by atoms with van der Waals surface area (Å²) >= 11 is 0. The summed E-state index contributed by atoms with van der Waals surface area (Å²) < 4.78 is 1.70. The van der Waals surface area contributed by atoms with Crippen molar-refractivity contribution in [2.45, 2.75) is 46.7 Å². The Kier molecular flexibility index (Phi) is 5.34. The molecule has 5 nitrogen and oxygen atoms in total. The lowest BCUT2D eigenvalue weighted by Gasteiger charge is -2.21. The van der Waals surface area contributed by atoms with E-state index < -0.39 is 0 Å². The number of carbonyl (C=O) groups excluding carboxylic acids is 1. The highest BCUT2D eigenvalue weighted by atomic mass is 16.3. The minimum Gasteiger partial charge on any atom is -0.396 e. The van der Waals surface area contributed by atoms with E-state index >= 15 is 0 Å². The van der Waals surface area contributed by atoms with Gasteiger partial charge < -0.3 is 10.4 Å². The molecule has 2 N–H and O–H groups in total. The average molecular weight is 253 g/mol. The first kappa shape index (κ1) is 14.7. The molecule has 0 aliphatic carbocycles. The maximum absolute atomic E-state index is 11.9. The Hall–Kier alpha value is -1.36. The van der Waals surface area contributed by atoms with Crippen LogP contribution in [-0.4, -0.2) is 33.4 Å². The molecule has 1 atom stereocenters. The van der Waals surface area contributed by atoms with Crippen LogP contribution in [0.25, 0.3) is 0 Å². The zero-order valence-electron chi connectivity index (χ0n) is 11.6. The molecule has 102 valence electrons. The molecule has 0 aliphatic rings. The predicted molar refractivity (Wildman–Crippen MR) is 70.2 cm³/mol. The van der Waals surface area contributed by atoms with Crippen LogP contribution in [0.4, 0.5) is 0 Å². The fourth-order valence-corrected chi connectivity index (χ4v) is 1.93. The molecule has 1 aromatic rings. The van der Waals surface area contributed by atoms with E-state index in [9.17, 15) is 4.79 Å². The van der Waals surface area contributed by atoms with Crippen molar-refractivity contribution in [3.63, 3.8) is 0 Å². The number of aryl methyl sites for hydroxylation is 2. The molecule has 5 heteroatoms. The fraction of sp³-hybridized carbons (Fsp3) is 0.692. The zero-order valence-corrected chi connectivity index (χ0v) is 11.6. The first-order chi connectivity index (χ1) is 8.43. The molecule has 18 heavy (non-hydrogen) atoms. The van der Waals surface area contributed by atoms with Crippen molar-refractivity contribution < 1.29 is 9.90 Å². The Morgan fingerprint density at radius 2 is 2.17 bits per heavy atom. The first-order valence-corrected chi connectivity index (χ1v) is 6.35. The van der Waals surface area contributed by atoms with Crippen LogP contribution in [0.5, 0.6) is 0 Å². The van der Waals surface area contributed by atoms with Gasteiger partial charge >= 0.3 is 0 Å². The molecule has 1 heterocycles. The third-order valence-corrected chi connectivity index (χ3v) is 2.99. The van der Waals surface area contributed by atoms with Crippen LogP contribution in [0.1, 0.15) is 31.7 Å². The molecule has 0 spiro atoms. The predicted octanol–water partition coefficient (Wildman–Crippen LogP) is 1.02. The van der Waals surface area contributed by atoms with Crippen LogP contribution < -0.4 is 5.32 Å². The second kappa shape index (κ2) is 6.54. The standard InChI is InChI=1S/C13H23N3O2/c1-9(2)12(5-6-17)14-13(18)8-16-11(4)7-10(3)15-16/h7,9,12,17H,5-6,8H2,1-4H3,(H,14,18). The smallest absolute Gasteiger partial charge is 0.241 e. The molecule has 0 radical (unpaired) electrons. The van der Waals surface area contributed by atoms with E-state index in [1.54, 1.807) is 4.68 Å². The van der Waals surface area contributed by atoms with Gasteiger partial charge in [0, 0.05) is 18.3 Å². The van der Waals surface area contributed by atoms with Gasteiger partial charge in [-0.2, -0.15) is 5.10 Å². The molecule has 0 saturated heterocycles. The second-order valence-corrected chi connectivity index (χ2v) is 5.02. The summed E-state index contributed by atoms with van der Waals surface area (Å²) in [5, 5.41) is 16.2. The van der Waals surface area contributed by atoms with Gasteiger partial charge in [-0.05, 0) is 32.3 Å². The number of amides is 1. The second-order valence-electron chi connectivity index (χ2n) is 5.02. The van der Waals surface area contributed by atoms with E-state index in [2.05, 4.69) is 10.4 Å². The van der Waals surface area contributed by atoms with Crippen molar-refractivity contribution in [2.24, 2.45) is 5.92 Å². The van der Waals surface area contributed by atoms with Crippen molar-refractivity contribution in [2.75, 3.05) is 6.61 Å². The van der Waals surface area contributed by atoms with Gasteiger partial charge in [-0.1, -0.05) is 13.8 Å². The largest absolute Gasteiger partial charge is 0.396 e. The molecular weight excluding hydrogens is 230 g/mol. The Morgan fingerprint density at radius 1 is 1.50 bits per heavy atom. The summed E-state index contributed by atoms with van der Waals surface area (Å²) in [7, 11) is 0. The van der Waals surface area contributed by atoms with Crippen LogP contribution in [0, 0.1) is 19.8 Å². The van der Waals surface area contributed by atoms with E-state index in [0.29, 0.717) is 12.3 Å². The lowest BCUT2D eigenvalue weighted by molar-refractivity contribution is -0.123. The van der Waals surface area contributed by atoms with E-state index in [4.69, 9.17) is 5.11 Å². The monoisotopic (exact) mass is 253 g/mol. The van der Waals surface area contributed by atoms with Crippen molar-refractivity contribution in [3.05, 3.63) is 17.5 Å². The molecule has 0 aromatic carbocycles. The highest BCUT2D eigenvalue weighted by molar-refractivity contribution is 5.76. The molecule has 0 fully saturated rings. The van der Waals surface area contributed by atoms with Crippen LogP contribution in [0.2, 0.25) is 0 Å². The van der Waals surface area contributed by atoms with Gasteiger partial charge in [-0.3, -0.25) is 9.48 Å². The maximum atomic E-state index is 11.9. The Morgan fingerprint density at radius 3 is 2.61 bits per heavy atom. The van der Waals surface area contributed by atoms with Crippen LogP contribution in [-0.2, 0) is 11.3 Å². The number of hydrogen-bond donors (Lipinski definition) is 2. The number of aliphatic hydroxyl groups is 1. The summed E-state index contributed by atoms with van der Waals surface area (Å²) in [4.78, 5) is 11.9. The number of carbonyl (C=O) groups is 1. The molecule has 0 saturated carbocycles. The lowest BCUT2D eigenvalue weighted by Crippen LogP contribution is -2.41. The van der Waals surface area contributed by atoms with E-state index in [1.165, 1.54) is 0 Å². The van der Waals surface area contributed by atoms with Gasteiger partial charge in [0.2, 0.25) is 5.91 Å². The highest BCUT2D eigenvalue weighted by Crippen LogP contribution is 2.06.